The van der Waals surface area contributed by atoms with Crippen LogP contribution in [0.4, 0.5) is 4.79 Å². The first-order valence-corrected chi connectivity index (χ1v) is 10.2. The fourth-order valence-corrected chi connectivity index (χ4v) is 3.77. The van der Waals surface area contributed by atoms with E-state index < -0.39 is 5.91 Å². The molecule has 0 unspecified atom stereocenters. The number of primary amides is 1. The average Bonchev–Trinajstić information content (AvgIpc) is 2.78. The van der Waals surface area contributed by atoms with Crippen molar-refractivity contribution in [1.29, 1.82) is 0 Å². The molecular formula is C23H29N3O4. The quantitative estimate of drug-likeness (QED) is 0.649. The molecule has 2 amide bonds. The fraction of sp³-hybridized carbons (Fsp3) is 0.391. The minimum absolute atomic E-state index is 0.00996. The number of carbonyl (C=O) groups is 2. The van der Waals surface area contributed by atoms with Crippen molar-refractivity contribution in [3.63, 3.8) is 0 Å². The molecule has 0 bridgehead atoms. The van der Waals surface area contributed by atoms with Crippen molar-refractivity contribution in [1.82, 2.24) is 10.6 Å². The first-order valence-electron chi connectivity index (χ1n) is 10.2. The zero-order valence-corrected chi connectivity index (χ0v) is 17.4. The van der Waals surface area contributed by atoms with E-state index in [-0.39, 0.29) is 12.2 Å². The molecule has 1 aliphatic carbocycles. The normalized spacial score (nSPS) is 18.5. The highest BCUT2D eigenvalue weighted by atomic mass is 16.6. The zero-order chi connectivity index (χ0) is 21.5. The molecule has 0 spiro atoms. The van der Waals surface area contributed by atoms with Crippen molar-refractivity contribution in [3.05, 3.63) is 53.6 Å². The lowest BCUT2D eigenvalue weighted by molar-refractivity contribution is 0.0701. The van der Waals surface area contributed by atoms with Crippen LogP contribution in [-0.2, 0) is 11.3 Å². The molecule has 1 fully saturated rings. The molecule has 160 valence electrons. The molecule has 0 atom stereocenters. The van der Waals surface area contributed by atoms with Gasteiger partial charge in [-0.3, -0.25) is 4.79 Å². The molecule has 0 saturated heterocycles. The molecule has 0 radical (unpaired) electrons. The number of benzene rings is 2. The second kappa shape index (κ2) is 10.1. The average molecular weight is 412 g/mol. The van der Waals surface area contributed by atoms with Crippen molar-refractivity contribution in [2.75, 3.05) is 14.2 Å². The van der Waals surface area contributed by atoms with Gasteiger partial charge < -0.3 is 25.8 Å². The third-order valence-corrected chi connectivity index (χ3v) is 5.52. The van der Waals surface area contributed by atoms with E-state index in [0.717, 1.165) is 48.1 Å². The smallest absolute Gasteiger partial charge is 0.407 e. The van der Waals surface area contributed by atoms with Crippen molar-refractivity contribution in [2.45, 2.75) is 44.4 Å². The van der Waals surface area contributed by atoms with Gasteiger partial charge in [0.2, 0.25) is 5.91 Å². The summed E-state index contributed by atoms with van der Waals surface area (Å²) in [6, 6.07) is 13.7. The van der Waals surface area contributed by atoms with Crippen LogP contribution in [0.3, 0.4) is 0 Å². The molecule has 2 aromatic rings. The number of methoxy groups -OCH3 is 1. The lowest BCUT2D eigenvalue weighted by atomic mass is 9.92. The Morgan fingerprint density at radius 3 is 2.30 bits per heavy atom. The maximum absolute atomic E-state index is 11.4. The van der Waals surface area contributed by atoms with Crippen molar-refractivity contribution < 1.29 is 19.1 Å². The van der Waals surface area contributed by atoms with Gasteiger partial charge in [-0.05, 0) is 61.1 Å². The van der Waals surface area contributed by atoms with Gasteiger partial charge in [0.05, 0.1) is 7.11 Å². The molecule has 7 nitrogen and oxygen atoms in total. The SMILES string of the molecule is CNC(=O)OC1CCC(NCc2cc(-c3ccc(C(N)=O)cc3)ccc2OC)CC1. The second-order valence-corrected chi connectivity index (χ2v) is 7.48. The summed E-state index contributed by atoms with van der Waals surface area (Å²) in [5.41, 5.74) is 8.94. The van der Waals surface area contributed by atoms with Gasteiger partial charge in [-0.15, -0.1) is 0 Å². The first kappa shape index (κ1) is 21.6. The number of carbonyl (C=O) groups excluding carboxylic acids is 2. The minimum Gasteiger partial charge on any atom is -0.496 e. The highest BCUT2D eigenvalue weighted by molar-refractivity contribution is 5.93. The van der Waals surface area contributed by atoms with Crippen molar-refractivity contribution in [2.24, 2.45) is 5.73 Å². The fourth-order valence-electron chi connectivity index (χ4n) is 3.77. The standard InChI is InChI=1S/C23H29N3O4/c1-25-23(28)30-20-10-8-19(9-11-20)26-14-18-13-17(7-12-21(18)29-2)15-3-5-16(6-4-15)22(24)27/h3-7,12-13,19-20,26H,8-11,14H2,1-2H3,(H2,24,27)(H,25,28). The highest BCUT2D eigenvalue weighted by Gasteiger charge is 2.23. The summed E-state index contributed by atoms with van der Waals surface area (Å²) in [7, 11) is 3.24. The van der Waals surface area contributed by atoms with Crippen LogP contribution in [0.1, 0.15) is 41.6 Å². The molecule has 7 heteroatoms. The Morgan fingerprint density at radius 1 is 1.03 bits per heavy atom. The van der Waals surface area contributed by atoms with Crippen molar-refractivity contribution >= 4 is 12.0 Å². The summed E-state index contributed by atoms with van der Waals surface area (Å²) in [5, 5.41) is 6.10. The lowest BCUT2D eigenvalue weighted by Gasteiger charge is -2.29. The molecule has 0 heterocycles. The molecule has 0 aromatic heterocycles. The highest BCUT2D eigenvalue weighted by Crippen LogP contribution is 2.28. The molecular weight excluding hydrogens is 382 g/mol. The molecule has 0 aliphatic heterocycles. The number of amides is 2. The summed E-state index contributed by atoms with van der Waals surface area (Å²) < 4.78 is 10.9. The lowest BCUT2D eigenvalue weighted by Crippen LogP contribution is -2.36. The molecule has 1 aliphatic rings. The van der Waals surface area contributed by atoms with Crippen LogP contribution in [-0.4, -0.2) is 38.3 Å². The van der Waals surface area contributed by atoms with E-state index >= 15 is 0 Å². The Bertz CT molecular complexity index is 875. The van der Waals surface area contributed by atoms with Gasteiger partial charge in [0.1, 0.15) is 11.9 Å². The van der Waals surface area contributed by atoms with Crippen LogP contribution in [0, 0.1) is 0 Å². The third-order valence-electron chi connectivity index (χ3n) is 5.52. The minimum atomic E-state index is -0.434. The van der Waals surface area contributed by atoms with E-state index in [1.165, 1.54) is 0 Å². The van der Waals surface area contributed by atoms with Gasteiger partial charge in [-0.25, -0.2) is 4.79 Å². The zero-order valence-electron chi connectivity index (χ0n) is 17.4. The Kier molecular flexibility index (Phi) is 7.30. The van der Waals surface area contributed by atoms with Gasteiger partial charge in [0, 0.05) is 30.8 Å². The maximum Gasteiger partial charge on any atom is 0.407 e. The molecule has 4 N–H and O–H groups in total. The summed E-state index contributed by atoms with van der Waals surface area (Å²) in [6.45, 7) is 0.683. The van der Waals surface area contributed by atoms with E-state index in [0.29, 0.717) is 18.2 Å². The van der Waals surface area contributed by atoms with E-state index in [1.807, 2.05) is 24.3 Å². The van der Waals surface area contributed by atoms with Gasteiger partial charge in [-0.1, -0.05) is 18.2 Å². The number of alkyl carbamates (subject to hydrolysis) is 1. The van der Waals surface area contributed by atoms with Crippen LogP contribution in [0.25, 0.3) is 11.1 Å². The van der Waals surface area contributed by atoms with Crippen LogP contribution in [0.5, 0.6) is 5.75 Å². The van der Waals surface area contributed by atoms with Crippen molar-refractivity contribution in [3.8, 4) is 16.9 Å². The summed E-state index contributed by atoms with van der Waals surface area (Å²) in [6.07, 6.45) is 3.25. The molecule has 1 saturated carbocycles. The number of rotatable bonds is 7. The number of hydrogen-bond donors (Lipinski definition) is 3. The number of nitrogens with one attached hydrogen (secondary N) is 2. The maximum atomic E-state index is 11.4. The Morgan fingerprint density at radius 2 is 1.70 bits per heavy atom. The molecule has 3 rings (SSSR count). The van der Waals surface area contributed by atoms with Crippen LogP contribution >= 0.6 is 0 Å². The molecule has 2 aromatic carbocycles. The van der Waals surface area contributed by atoms with Gasteiger partial charge >= 0.3 is 6.09 Å². The number of ether oxygens (including phenoxy) is 2. The first-order chi connectivity index (χ1) is 14.5. The van der Waals surface area contributed by atoms with Gasteiger partial charge in [0.15, 0.2) is 0 Å². The van der Waals surface area contributed by atoms with Crippen LogP contribution in [0.2, 0.25) is 0 Å². The van der Waals surface area contributed by atoms with E-state index in [9.17, 15) is 9.59 Å². The Hall–Kier alpha value is -3.06. The summed E-state index contributed by atoms with van der Waals surface area (Å²) >= 11 is 0. The summed E-state index contributed by atoms with van der Waals surface area (Å²) in [4.78, 5) is 22.6. The number of nitrogens with two attached hydrogens (primary N) is 1. The van der Waals surface area contributed by atoms with E-state index in [4.69, 9.17) is 15.2 Å². The van der Waals surface area contributed by atoms with E-state index in [2.05, 4.69) is 16.7 Å². The van der Waals surface area contributed by atoms with Gasteiger partial charge in [-0.2, -0.15) is 0 Å². The topological polar surface area (TPSA) is 103 Å². The molecule has 30 heavy (non-hydrogen) atoms. The monoisotopic (exact) mass is 411 g/mol. The Labute approximate surface area is 176 Å². The second-order valence-electron chi connectivity index (χ2n) is 7.48. The van der Waals surface area contributed by atoms with Crippen LogP contribution in [0.15, 0.2) is 42.5 Å². The Balaban J connectivity index is 1.62. The van der Waals surface area contributed by atoms with Crippen LogP contribution < -0.4 is 21.1 Å². The predicted octanol–water partition coefficient (Wildman–Crippen LogP) is 3.22. The summed E-state index contributed by atoms with van der Waals surface area (Å²) in [5.74, 6) is 0.397. The van der Waals surface area contributed by atoms with Gasteiger partial charge in [0.25, 0.3) is 0 Å². The largest absolute Gasteiger partial charge is 0.496 e. The number of hydrogen-bond acceptors (Lipinski definition) is 5. The van der Waals surface area contributed by atoms with E-state index in [1.54, 1.807) is 26.3 Å². The third kappa shape index (κ3) is 5.51. The predicted molar refractivity (Wildman–Crippen MR) is 115 cm³/mol.